The lowest BCUT2D eigenvalue weighted by Gasteiger charge is -2.31. The molecule has 2 saturated heterocycles. The van der Waals surface area contributed by atoms with Gasteiger partial charge in [-0.3, -0.25) is 0 Å². The Balaban J connectivity index is 1.31. The fourth-order valence-corrected chi connectivity index (χ4v) is 5.69. The van der Waals surface area contributed by atoms with Crippen LogP contribution in [-0.4, -0.2) is 65.3 Å². The average molecular weight is 321 g/mol. The SMILES string of the molecule is C[C@H](CN1CCCCCC1)NC(=O)N1C[C@@H]2C[C@H]3C[C@H]2[C@@H]1[C@@H]3O. The normalized spacial score (nSPS) is 41.1. The number of fused-ring (bicyclic) bond motifs is 1. The predicted molar refractivity (Wildman–Crippen MR) is 89.1 cm³/mol. The summed E-state index contributed by atoms with van der Waals surface area (Å²) >= 11 is 0. The summed E-state index contributed by atoms with van der Waals surface area (Å²) < 4.78 is 0. The van der Waals surface area contributed by atoms with Gasteiger partial charge in [0.25, 0.3) is 0 Å². The second kappa shape index (κ2) is 6.25. The van der Waals surface area contributed by atoms with Gasteiger partial charge in [-0.05, 0) is 63.5 Å². The molecule has 0 spiro atoms. The van der Waals surface area contributed by atoms with Gasteiger partial charge in [-0.25, -0.2) is 4.79 Å². The van der Waals surface area contributed by atoms with Crippen molar-refractivity contribution in [3.8, 4) is 0 Å². The van der Waals surface area contributed by atoms with Crippen molar-refractivity contribution < 1.29 is 9.90 Å². The van der Waals surface area contributed by atoms with E-state index in [1.54, 1.807) is 0 Å². The fourth-order valence-electron chi connectivity index (χ4n) is 5.69. The number of urea groups is 1. The third-order valence-electron chi connectivity index (χ3n) is 6.71. The average Bonchev–Trinajstić information content (AvgIpc) is 3.03. The molecule has 4 aliphatic rings. The van der Waals surface area contributed by atoms with Crippen LogP contribution in [0.5, 0.6) is 0 Å². The van der Waals surface area contributed by atoms with E-state index in [1.165, 1.54) is 25.7 Å². The van der Waals surface area contributed by atoms with Crippen molar-refractivity contribution in [2.45, 2.75) is 63.6 Å². The van der Waals surface area contributed by atoms with Crippen molar-refractivity contribution in [2.75, 3.05) is 26.2 Å². The Labute approximate surface area is 139 Å². The van der Waals surface area contributed by atoms with Crippen LogP contribution >= 0.6 is 0 Å². The molecule has 2 bridgehead atoms. The highest BCUT2D eigenvalue weighted by atomic mass is 16.3. The van der Waals surface area contributed by atoms with Crippen molar-refractivity contribution in [1.29, 1.82) is 0 Å². The minimum atomic E-state index is -0.287. The first-order valence-corrected chi connectivity index (χ1v) is 9.61. The first kappa shape index (κ1) is 15.7. The van der Waals surface area contributed by atoms with Crippen molar-refractivity contribution in [3.05, 3.63) is 0 Å². The van der Waals surface area contributed by atoms with Crippen molar-refractivity contribution >= 4 is 6.03 Å². The summed E-state index contributed by atoms with van der Waals surface area (Å²) in [5.74, 6) is 1.64. The summed E-state index contributed by atoms with van der Waals surface area (Å²) in [6.45, 7) is 6.24. The number of rotatable bonds is 3. The van der Waals surface area contributed by atoms with E-state index in [1.807, 2.05) is 4.90 Å². The first-order valence-electron chi connectivity index (χ1n) is 9.61. The van der Waals surface area contributed by atoms with Crippen LogP contribution in [0.15, 0.2) is 0 Å². The van der Waals surface area contributed by atoms with Crippen LogP contribution in [0.4, 0.5) is 4.79 Å². The van der Waals surface area contributed by atoms with E-state index in [0.717, 1.165) is 39.0 Å². The molecule has 130 valence electrons. The molecular formula is C18H31N3O2. The summed E-state index contributed by atoms with van der Waals surface area (Å²) in [7, 11) is 0. The molecule has 6 atom stereocenters. The van der Waals surface area contributed by atoms with E-state index >= 15 is 0 Å². The van der Waals surface area contributed by atoms with E-state index in [0.29, 0.717) is 17.8 Å². The van der Waals surface area contributed by atoms with E-state index in [9.17, 15) is 9.90 Å². The second-order valence-corrected chi connectivity index (χ2v) is 8.35. The molecule has 4 fully saturated rings. The lowest BCUT2D eigenvalue weighted by Crippen LogP contribution is -2.52. The van der Waals surface area contributed by atoms with Crippen molar-refractivity contribution in [1.82, 2.24) is 15.1 Å². The van der Waals surface area contributed by atoms with Gasteiger partial charge in [-0.1, -0.05) is 12.8 Å². The summed E-state index contributed by atoms with van der Waals surface area (Å²) in [6, 6.07) is 0.309. The Morgan fingerprint density at radius 3 is 2.61 bits per heavy atom. The van der Waals surface area contributed by atoms with Crippen LogP contribution in [0.1, 0.15) is 45.4 Å². The molecule has 2 aliphatic heterocycles. The highest BCUT2D eigenvalue weighted by molar-refractivity contribution is 5.75. The highest BCUT2D eigenvalue weighted by Crippen LogP contribution is 2.54. The quantitative estimate of drug-likeness (QED) is 0.831. The van der Waals surface area contributed by atoms with Crippen LogP contribution in [0.2, 0.25) is 0 Å². The zero-order valence-electron chi connectivity index (χ0n) is 14.3. The molecular weight excluding hydrogens is 290 g/mol. The van der Waals surface area contributed by atoms with Crippen molar-refractivity contribution in [2.24, 2.45) is 17.8 Å². The van der Waals surface area contributed by atoms with E-state index in [-0.39, 0.29) is 24.2 Å². The summed E-state index contributed by atoms with van der Waals surface area (Å²) in [5, 5.41) is 13.6. The standard InChI is InChI=1S/C18H31N3O2/c1-12(10-20-6-4-2-3-5-7-20)19-18(23)21-11-14-8-13-9-15(14)16(21)17(13)22/h12-17,22H,2-11H2,1H3,(H,19,23)/t12-,13+,14+,15-,16-,17-/m1/s1. The van der Waals surface area contributed by atoms with Gasteiger partial charge in [0.1, 0.15) is 0 Å². The molecule has 0 aromatic rings. The van der Waals surface area contributed by atoms with E-state index in [2.05, 4.69) is 17.1 Å². The van der Waals surface area contributed by atoms with E-state index in [4.69, 9.17) is 0 Å². The molecule has 0 aromatic carbocycles. The molecule has 2 heterocycles. The third kappa shape index (κ3) is 2.86. The zero-order chi connectivity index (χ0) is 16.0. The summed E-state index contributed by atoms with van der Waals surface area (Å²) in [4.78, 5) is 17.1. The molecule has 0 unspecified atom stereocenters. The van der Waals surface area contributed by atoms with Crippen LogP contribution in [-0.2, 0) is 0 Å². The van der Waals surface area contributed by atoms with Crippen LogP contribution in [0, 0.1) is 17.8 Å². The number of amides is 2. The lowest BCUT2D eigenvalue weighted by molar-refractivity contribution is 0.0602. The fraction of sp³-hybridized carbons (Fsp3) is 0.944. The number of hydrogen-bond donors (Lipinski definition) is 2. The van der Waals surface area contributed by atoms with E-state index < -0.39 is 0 Å². The highest BCUT2D eigenvalue weighted by Gasteiger charge is 2.60. The van der Waals surface area contributed by atoms with Gasteiger partial charge in [-0.15, -0.1) is 0 Å². The van der Waals surface area contributed by atoms with Gasteiger partial charge in [0.2, 0.25) is 0 Å². The molecule has 0 radical (unpaired) electrons. The molecule has 2 N–H and O–H groups in total. The Bertz CT molecular complexity index is 448. The Morgan fingerprint density at radius 2 is 1.91 bits per heavy atom. The van der Waals surface area contributed by atoms with Gasteiger partial charge in [0.15, 0.2) is 0 Å². The number of carbonyl (C=O) groups is 1. The number of likely N-dealkylation sites (tertiary alicyclic amines) is 2. The largest absolute Gasteiger partial charge is 0.391 e. The Hall–Kier alpha value is -0.810. The summed E-state index contributed by atoms with van der Waals surface area (Å²) in [5.41, 5.74) is 0. The van der Waals surface area contributed by atoms with Crippen LogP contribution in [0.3, 0.4) is 0 Å². The van der Waals surface area contributed by atoms with Crippen LogP contribution < -0.4 is 5.32 Å². The maximum absolute atomic E-state index is 12.7. The Kier molecular flexibility index (Phi) is 4.26. The van der Waals surface area contributed by atoms with Gasteiger partial charge >= 0.3 is 6.03 Å². The van der Waals surface area contributed by atoms with Crippen molar-refractivity contribution in [3.63, 3.8) is 0 Å². The molecule has 2 amide bonds. The molecule has 2 aliphatic carbocycles. The second-order valence-electron chi connectivity index (χ2n) is 8.35. The van der Waals surface area contributed by atoms with Gasteiger partial charge in [-0.2, -0.15) is 0 Å². The van der Waals surface area contributed by atoms with Gasteiger partial charge in [0.05, 0.1) is 12.1 Å². The molecule has 5 nitrogen and oxygen atoms in total. The van der Waals surface area contributed by atoms with Crippen LogP contribution in [0.25, 0.3) is 0 Å². The molecule has 4 rings (SSSR count). The number of aliphatic hydroxyl groups excluding tert-OH is 1. The maximum Gasteiger partial charge on any atom is 0.318 e. The van der Waals surface area contributed by atoms with Gasteiger partial charge < -0.3 is 20.2 Å². The minimum absolute atomic E-state index is 0.0476. The first-order chi connectivity index (χ1) is 11.1. The third-order valence-corrected chi connectivity index (χ3v) is 6.71. The Morgan fingerprint density at radius 1 is 1.17 bits per heavy atom. The lowest BCUT2D eigenvalue weighted by atomic mass is 9.88. The number of aliphatic hydroxyl groups is 1. The maximum atomic E-state index is 12.7. The number of nitrogens with one attached hydrogen (secondary N) is 1. The molecule has 5 heteroatoms. The molecule has 2 saturated carbocycles. The number of nitrogens with zero attached hydrogens (tertiary/aromatic N) is 2. The van der Waals surface area contributed by atoms with Gasteiger partial charge in [0, 0.05) is 19.1 Å². The number of carbonyl (C=O) groups excluding carboxylic acids is 1. The molecule has 23 heavy (non-hydrogen) atoms. The summed E-state index contributed by atoms with van der Waals surface area (Å²) in [6.07, 6.45) is 7.21. The topological polar surface area (TPSA) is 55.8 Å². The molecule has 0 aromatic heterocycles. The smallest absolute Gasteiger partial charge is 0.318 e. The minimum Gasteiger partial charge on any atom is -0.391 e. The number of hydrogen-bond acceptors (Lipinski definition) is 3. The zero-order valence-corrected chi connectivity index (χ0v) is 14.3. The monoisotopic (exact) mass is 321 g/mol. The predicted octanol–water partition coefficient (Wildman–Crippen LogP) is 1.66.